The molecule has 1 saturated heterocycles. The first-order valence-electron chi connectivity index (χ1n) is 5.73. The van der Waals surface area contributed by atoms with Gasteiger partial charge in [-0.05, 0) is 25.0 Å². The summed E-state index contributed by atoms with van der Waals surface area (Å²) in [4.78, 5) is 12.4. The third-order valence-electron chi connectivity index (χ3n) is 3.20. The average molecular weight is 247 g/mol. The summed E-state index contributed by atoms with van der Waals surface area (Å²) in [5.74, 6) is 0. The van der Waals surface area contributed by atoms with E-state index >= 15 is 0 Å². The molecule has 1 atom stereocenters. The normalized spacial score (nSPS) is 18.7. The van der Waals surface area contributed by atoms with Crippen molar-refractivity contribution in [3.05, 3.63) is 33.9 Å². The minimum atomic E-state index is -0.483. The highest BCUT2D eigenvalue weighted by atomic mass is 16.6. The molecule has 1 aromatic carbocycles. The molecule has 18 heavy (non-hydrogen) atoms. The van der Waals surface area contributed by atoms with Gasteiger partial charge in [0.25, 0.3) is 5.69 Å². The first-order chi connectivity index (χ1) is 8.67. The first kappa shape index (κ1) is 12.3. The largest absolute Gasteiger partial charge is 0.394 e. The molecule has 0 aliphatic carbocycles. The highest BCUT2D eigenvalue weighted by Crippen LogP contribution is 2.34. The summed E-state index contributed by atoms with van der Waals surface area (Å²) in [7, 11) is 0. The van der Waals surface area contributed by atoms with Crippen molar-refractivity contribution in [2.24, 2.45) is 0 Å². The fourth-order valence-corrected chi connectivity index (χ4v) is 2.32. The van der Waals surface area contributed by atoms with Crippen molar-refractivity contribution in [2.45, 2.75) is 18.9 Å². The van der Waals surface area contributed by atoms with Gasteiger partial charge in [0.05, 0.1) is 29.2 Å². The van der Waals surface area contributed by atoms with E-state index in [0.717, 1.165) is 12.8 Å². The van der Waals surface area contributed by atoms with Gasteiger partial charge in [-0.15, -0.1) is 0 Å². The zero-order valence-corrected chi connectivity index (χ0v) is 9.74. The quantitative estimate of drug-likeness (QED) is 0.644. The number of rotatable bonds is 3. The molecule has 0 radical (unpaired) electrons. The van der Waals surface area contributed by atoms with Gasteiger partial charge in [0.2, 0.25) is 0 Å². The molecule has 1 heterocycles. The molecule has 6 nitrogen and oxygen atoms in total. The van der Waals surface area contributed by atoms with Crippen LogP contribution >= 0.6 is 0 Å². The van der Waals surface area contributed by atoms with Crippen molar-refractivity contribution in [1.82, 2.24) is 0 Å². The van der Waals surface area contributed by atoms with E-state index < -0.39 is 4.92 Å². The van der Waals surface area contributed by atoms with Crippen molar-refractivity contribution in [3.63, 3.8) is 0 Å². The van der Waals surface area contributed by atoms with Crippen LogP contribution in [0.1, 0.15) is 18.4 Å². The fourth-order valence-electron chi connectivity index (χ4n) is 2.32. The summed E-state index contributed by atoms with van der Waals surface area (Å²) in [6.07, 6.45) is 1.73. The van der Waals surface area contributed by atoms with Crippen LogP contribution in [0, 0.1) is 21.4 Å². The molecule has 6 heteroatoms. The van der Waals surface area contributed by atoms with Crippen LogP contribution in [0.15, 0.2) is 18.2 Å². The lowest BCUT2D eigenvalue weighted by Crippen LogP contribution is -2.32. The smallest absolute Gasteiger partial charge is 0.293 e. The number of benzene rings is 1. The van der Waals surface area contributed by atoms with Gasteiger partial charge in [-0.3, -0.25) is 10.1 Å². The number of aliphatic hydroxyl groups excluding tert-OH is 1. The predicted molar refractivity (Wildman–Crippen MR) is 65.3 cm³/mol. The number of hydrogen-bond acceptors (Lipinski definition) is 5. The van der Waals surface area contributed by atoms with Crippen molar-refractivity contribution >= 4 is 11.4 Å². The third kappa shape index (κ3) is 2.13. The van der Waals surface area contributed by atoms with E-state index in [4.69, 9.17) is 5.26 Å². The monoisotopic (exact) mass is 247 g/mol. The maximum absolute atomic E-state index is 11.0. The topological polar surface area (TPSA) is 90.4 Å². The van der Waals surface area contributed by atoms with E-state index in [9.17, 15) is 15.2 Å². The van der Waals surface area contributed by atoms with Gasteiger partial charge >= 0.3 is 0 Å². The Kier molecular flexibility index (Phi) is 3.44. The van der Waals surface area contributed by atoms with Crippen LogP contribution in [0.5, 0.6) is 0 Å². The van der Waals surface area contributed by atoms with Gasteiger partial charge < -0.3 is 10.0 Å². The molecular formula is C12H13N3O3. The lowest BCUT2D eigenvalue weighted by atomic mass is 10.1. The summed E-state index contributed by atoms with van der Waals surface area (Å²) < 4.78 is 0. The van der Waals surface area contributed by atoms with Crippen LogP contribution in [-0.2, 0) is 0 Å². The number of nitrogens with zero attached hydrogens (tertiary/aromatic N) is 3. The van der Waals surface area contributed by atoms with E-state index in [2.05, 4.69) is 0 Å². The van der Waals surface area contributed by atoms with E-state index in [1.165, 1.54) is 6.07 Å². The highest BCUT2D eigenvalue weighted by Gasteiger charge is 2.29. The van der Waals surface area contributed by atoms with E-state index in [-0.39, 0.29) is 23.9 Å². The van der Waals surface area contributed by atoms with Gasteiger partial charge in [0.15, 0.2) is 0 Å². The van der Waals surface area contributed by atoms with Crippen molar-refractivity contribution < 1.29 is 10.0 Å². The Morgan fingerprint density at radius 1 is 1.61 bits per heavy atom. The predicted octanol–water partition coefficient (Wildman–Crippen LogP) is 1.43. The maximum atomic E-state index is 11.0. The van der Waals surface area contributed by atoms with E-state index in [1.54, 1.807) is 12.1 Å². The van der Waals surface area contributed by atoms with E-state index in [0.29, 0.717) is 12.2 Å². The van der Waals surface area contributed by atoms with Crippen LogP contribution < -0.4 is 4.90 Å². The molecule has 0 spiro atoms. The molecule has 0 aromatic heterocycles. The van der Waals surface area contributed by atoms with Crippen LogP contribution in [0.3, 0.4) is 0 Å². The molecule has 1 aliphatic heterocycles. The Hall–Kier alpha value is -2.13. The van der Waals surface area contributed by atoms with Crippen LogP contribution in [0.25, 0.3) is 0 Å². The second kappa shape index (κ2) is 5.02. The molecule has 94 valence electrons. The number of hydrogen-bond donors (Lipinski definition) is 1. The Labute approximate surface area is 104 Å². The standard InChI is InChI=1S/C12H13N3O3/c13-7-9-3-4-11(12(6-9)15(17)18)14-5-1-2-10(14)8-16/h3-4,6,10,16H,1-2,5,8H2. The van der Waals surface area contributed by atoms with Crippen LogP contribution in [0.4, 0.5) is 11.4 Å². The Morgan fingerprint density at radius 3 is 3.00 bits per heavy atom. The molecule has 1 N–H and O–H groups in total. The summed E-state index contributed by atoms with van der Waals surface area (Å²) in [6.45, 7) is 0.676. The van der Waals surface area contributed by atoms with Crippen LogP contribution in [0.2, 0.25) is 0 Å². The molecular weight excluding hydrogens is 234 g/mol. The second-order valence-corrected chi connectivity index (χ2v) is 4.24. The summed E-state index contributed by atoms with van der Waals surface area (Å²) in [5.41, 5.74) is 0.676. The molecule has 0 bridgehead atoms. The summed E-state index contributed by atoms with van der Waals surface area (Å²) in [6, 6.07) is 6.25. The fraction of sp³-hybridized carbons (Fsp3) is 0.417. The SMILES string of the molecule is N#Cc1ccc(N2CCCC2CO)c([N+](=O)[O-])c1. The van der Waals surface area contributed by atoms with Gasteiger partial charge in [0, 0.05) is 12.6 Å². The zero-order valence-electron chi connectivity index (χ0n) is 9.74. The number of aliphatic hydroxyl groups is 1. The van der Waals surface area contributed by atoms with Gasteiger partial charge in [0.1, 0.15) is 5.69 Å². The van der Waals surface area contributed by atoms with Gasteiger partial charge in [-0.1, -0.05) is 0 Å². The zero-order chi connectivity index (χ0) is 13.1. The lowest BCUT2D eigenvalue weighted by molar-refractivity contribution is -0.384. The van der Waals surface area contributed by atoms with Gasteiger partial charge in [-0.2, -0.15) is 5.26 Å². The molecule has 0 amide bonds. The Morgan fingerprint density at radius 2 is 2.39 bits per heavy atom. The average Bonchev–Trinajstić information content (AvgIpc) is 2.86. The minimum Gasteiger partial charge on any atom is -0.394 e. The maximum Gasteiger partial charge on any atom is 0.293 e. The number of anilines is 1. The molecule has 1 unspecified atom stereocenters. The molecule has 1 aromatic rings. The number of nitriles is 1. The number of nitro benzene ring substituents is 1. The summed E-state index contributed by atoms with van der Waals surface area (Å²) in [5, 5.41) is 29.1. The molecule has 1 fully saturated rings. The molecule has 1 aliphatic rings. The molecule has 0 saturated carbocycles. The second-order valence-electron chi connectivity index (χ2n) is 4.24. The summed E-state index contributed by atoms with van der Waals surface area (Å²) >= 11 is 0. The van der Waals surface area contributed by atoms with Crippen molar-refractivity contribution in [3.8, 4) is 6.07 Å². The van der Waals surface area contributed by atoms with E-state index in [1.807, 2.05) is 11.0 Å². The van der Waals surface area contributed by atoms with Gasteiger partial charge in [-0.25, -0.2) is 0 Å². The molecule has 2 rings (SSSR count). The number of nitro groups is 1. The highest BCUT2D eigenvalue weighted by molar-refractivity contribution is 5.66. The minimum absolute atomic E-state index is 0.0167. The Bertz CT molecular complexity index is 510. The van der Waals surface area contributed by atoms with Crippen LogP contribution in [-0.4, -0.2) is 29.2 Å². The van der Waals surface area contributed by atoms with Crippen molar-refractivity contribution in [2.75, 3.05) is 18.1 Å². The lowest BCUT2D eigenvalue weighted by Gasteiger charge is -2.24. The first-order valence-corrected chi connectivity index (χ1v) is 5.73. The third-order valence-corrected chi connectivity index (χ3v) is 3.20. The van der Waals surface area contributed by atoms with Crippen molar-refractivity contribution in [1.29, 1.82) is 5.26 Å². The Balaban J connectivity index is 2.44.